The number of thioether (sulfide) groups is 1. The SMILES string of the molecule is CCCc1c(OCCCOc2ccc(C3(C)SC(=O)NC3=O)cc2)ccc2c(CCc3ccccc3)noc12. The summed E-state index contributed by atoms with van der Waals surface area (Å²) in [7, 11) is 0. The third-order valence-corrected chi connectivity index (χ3v) is 8.05. The second-order valence-electron chi connectivity index (χ2n) is 9.74. The number of hydrogen-bond donors (Lipinski definition) is 1. The van der Waals surface area contributed by atoms with E-state index in [0.717, 1.165) is 71.0 Å². The van der Waals surface area contributed by atoms with Gasteiger partial charge in [-0.05, 0) is 73.3 Å². The smallest absolute Gasteiger partial charge is 0.287 e. The Morgan fingerprint density at radius 2 is 1.69 bits per heavy atom. The van der Waals surface area contributed by atoms with E-state index in [1.165, 1.54) is 5.56 Å². The van der Waals surface area contributed by atoms with Crippen molar-refractivity contribution in [3.8, 4) is 11.5 Å². The van der Waals surface area contributed by atoms with Gasteiger partial charge in [0.25, 0.3) is 5.24 Å². The minimum Gasteiger partial charge on any atom is -0.493 e. The van der Waals surface area contributed by atoms with Crippen molar-refractivity contribution in [1.82, 2.24) is 10.5 Å². The van der Waals surface area contributed by atoms with Crippen molar-refractivity contribution in [1.29, 1.82) is 0 Å². The normalized spacial score (nSPS) is 17.0. The Bertz CT molecular complexity index is 1450. The zero-order valence-electron chi connectivity index (χ0n) is 22.2. The number of fused-ring (bicyclic) bond motifs is 1. The van der Waals surface area contributed by atoms with Gasteiger partial charge in [-0.1, -0.05) is 61.0 Å². The number of benzene rings is 3. The molecule has 3 aromatic carbocycles. The first-order chi connectivity index (χ1) is 19.0. The highest BCUT2D eigenvalue weighted by Gasteiger charge is 2.45. The van der Waals surface area contributed by atoms with Crippen LogP contribution in [0.25, 0.3) is 11.0 Å². The van der Waals surface area contributed by atoms with Gasteiger partial charge in [0.1, 0.15) is 16.2 Å². The highest BCUT2D eigenvalue weighted by molar-refractivity contribution is 8.15. The van der Waals surface area contributed by atoms with Crippen molar-refractivity contribution in [2.45, 2.75) is 50.7 Å². The summed E-state index contributed by atoms with van der Waals surface area (Å²) in [5.74, 6) is 1.24. The maximum atomic E-state index is 12.2. The molecule has 1 fully saturated rings. The molecule has 1 saturated heterocycles. The van der Waals surface area contributed by atoms with Gasteiger partial charge < -0.3 is 14.0 Å². The number of imide groups is 1. The predicted molar refractivity (Wildman–Crippen MR) is 152 cm³/mol. The van der Waals surface area contributed by atoms with Gasteiger partial charge >= 0.3 is 0 Å². The molecule has 0 spiro atoms. The zero-order valence-corrected chi connectivity index (χ0v) is 23.0. The highest BCUT2D eigenvalue weighted by Crippen LogP contribution is 2.41. The van der Waals surface area contributed by atoms with E-state index in [2.05, 4.69) is 47.7 Å². The number of hydrogen-bond acceptors (Lipinski definition) is 7. The van der Waals surface area contributed by atoms with Crippen LogP contribution in [0.4, 0.5) is 4.79 Å². The topological polar surface area (TPSA) is 90.7 Å². The lowest BCUT2D eigenvalue weighted by Gasteiger charge is -2.19. The summed E-state index contributed by atoms with van der Waals surface area (Å²) >= 11 is 0.997. The number of ether oxygens (including phenoxy) is 2. The molecule has 1 atom stereocenters. The third kappa shape index (κ3) is 5.96. The number of nitrogens with one attached hydrogen (secondary N) is 1. The Labute approximate surface area is 232 Å². The lowest BCUT2D eigenvalue weighted by molar-refractivity contribution is -0.121. The Balaban J connectivity index is 1.15. The van der Waals surface area contributed by atoms with Gasteiger partial charge in [-0.2, -0.15) is 0 Å². The van der Waals surface area contributed by atoms with Crippen molar-refractivity contribution in [3.63, 3.8) is 0 Å². The zero-order chi connectivity index (χ0) is 27.2. The van der Waals surface area contributed by atoms with Gasteiger partial charge in [-0.15, -0.1) is 0 Å². The molecular weight excluding hydrogens is 512 g/mol. The van der Waals surface area contributed by atoms with Crippen molar-refractivity contribution in [2.24, 2.45) is 0 Å². The summed E-state index contributed by atoms with van der Waals surface area (Å²) < 4.78 is 16.9. The maximum Gasteiger partial charge on any atom is 0.287 e. The van der Waals surface area contributed by atoms with Gasteiger partial charge in [0.2, 0.25) is 5.91 Å². The van der Waals surface area contributed by atoms with E-state index >= 15 is 0 Å². The summed E-state index contributed by atoms with van der Waals surface area (Å²) in [5, 5.41) is 7.47. The van der Waals surface area contributed by atoms with E-state index in [-0.39, 0.29) is 11.1 Å². The summed E-state index contributed by atoms with van der Waals surface area (Å²) in [6, 6.07) is 21.8. The molecule has 1 aliphatic heterocycles. The second kappa shape index (κ2) is 11.9. The number of nitrogens with zero attached hydrogens (tertiary/aromatic N) is 1. The van der Waals surface area contributed by atoms with E-state index in [4.69, 9.17) is 14.0 Å². The molecule has 1 aliphatic rings. The average Bonchev–Trinajstić information content (AvgIpc) is 3.48. The predicted octanol–water partition coefficient (Wildman–Crippen LogP) is 6.61. The van der Waals surface area contributed by atoms with Crippen LogP contribution in [0.5, 0.6) is 11.5 Å². The van der Waals surface area contributed by atoms with Crippen LogP contribution >= 0.6 is 11.8 Å². The maximum absolute atomic E-state index is 12.2. The number of aryl methyl sites for hydroxylation is 3. The van der Waals surface area contributed by atoms with Crippen molar-refractivity contribution in [2.75, 3.05) is 13.2 Å². The van der Waals surface area contributed by atoms with Crippen LogP contribution in [0.15, 0.2) is 71.3 Å². The van der Waals surface area contributed by atoms with Gasteiger partial charge in [-0.25, -0.2) is 0 Å². The number of carbonyl (C=O) groups excluding carboxylic acids is 2. The lowest BCUT2D eigenvalue weighted by Crippen LogP contribution is -2.31. The highest BCUT2D eigenvalue weighted by atomic mass is 32.2. The minimum absolute atomic E-state index is 0.294. The molecule has 202 valence electrons. The molecule has 1 aromatic heterocycles. The number of rotatable bonds is 12. The molecule has 0 bridgehead atoms. The van der Waals surface area contributed by atoms with Crippen LogP contribution in [0.3, 0.4) is 0 Å². The Morgan fingerprint density at radius 3 is 2.41 bits per heavy atom. The van der Waals surface area contributed by atoms with Crippen LogP contribution < -0.4 is 14.8 Å². The van der Waals surface area contributed by atoms with Crippen LogP contribution in [0.1, 0.15) is 49.1 Å². The number of carbonyl (C=O) groups is 2. The van der Waals surface area contributed by atoms with E-state index < -0.39 is 4.75 Å². The fourth-order valence-corrected chi connectivity index (χ4v) is 5.67. The van der Waals surface area contributed by atoms with Crippen molar-refractivity contribution >= 4 is 33.9 Å². The number of aromatic nitrogens is 1. The molecular formula is C31H32N2O5S. The van der Waals surface area contributed by atoms with E-state index in [9.17, 15) is 9.59 Å². The molecule has 39 heavy (non-hydrogen) atoms. The average molecular weight is 545 g/mol. The minimum atomic E-state index is -0.910. The molecule has 0 radical (unpaired) electrons. The molecule has 1 N–H and O–H groups in total. The van der Waals surface area contributed by atoms with Crippen molar-refractivity contribution < 1.29 is 23.6 Å². The van der Waals surface area contributed by atoms with E-state index in [1.54, 1.807) is 6.92 Å². The third-order valence-electron chi connectivity index (χ3n) is 6.93. The fraction of sp³-hybridized carbons (Fsp3) is 0.323. The van der Waals surface area contributed by atoms with Crippen LogP contribution in [0.2, 0.25) is 0 Å². The molecule has 2 heterocycles. The van der Waals surface area contributed by atoms with Gasteiger partial charge in [0, 0.05) is 17.4 Å². The molecule has 0 aliphatic carbocycles. The first kappa shape index (κ1) is 26.8. The summed E-state index contributed by atoms with van der Waals surface area (Å²) in [5.41, 5.74) is 4.90. The second-order valence-corrected chi connectivity index (χ2v) is 11.1. The first-order valence-corrected chi connectivity index (χ1v) is 14.1. The Hall–Kier alpha value is -3.78. The van der Waals surface area contributed by atoms with Crippen molar-refractivity contribution in [3.05, 3.63) is 89.1 Å². The molecule has 8 heteroatoms. The number of amides is 2. The molecule has 2 amide bonds. The summed E-state index contributed by atoms with van der Waals surface area (Å²) in [4.78, 5) is 23.8. The summed E-state index contributed by atoms with van der Waals surface area (Å²) in [6.45, 7) is 4.89. The first-order valence-electron chi connectivity index (χ1n) is 13.3. The van der Waals surface area contributed by atoms with Gasteiger partial charge in [0.15, 0.2) is 5.58 Å². The monoisotopic (exact) mass is 544 g/mol. The standard InChI is InChI=1S/C31H32N2O5S/c1-3-8-25-27(18-16-24-26(33-38-28(24)25)17-11-21-9-5-4-6-10-21)37-20-7-19-36-23-14-12-22(13-15-23)31(2)29(34)32-30(35)39-31/h4-6,9-10,12-16,18H,3,7-8,11,17,19-20H2,1-2H3,(H,32,34,35). The molecule has 5 rings (SSSR count). The molecule has 4 aromatic rings. The molecule has 1 unspecified atom stereocenters. The fourth-order valence-electron chi connectivity index (χ4n) is 4.76. The van der Waals surface area contributed by atoms with Gasteiger partial charge in [-0.3, -0.25) is 14.9 Å². The van der Waals surface area contributed by atoms with E-state index in [0.29, 0.717) is 25.4 Å². The van der Waals surface area contributed by atoms with Crippen LogP contribution in [-0.2, 0) is 28.8 Å². The Kier molecular flexibility index (Phi) is 8.21. The van der Waals surface area contributed by atoms with Gasteiger partial charge in [0.05, 0.1) is 18.9 Å². The van der Waals surface area contributed by atoms with E-state index in [1.807, 2.05) is 36.4 Å². The van der Waals surface area contributed by atoms with Crippen LogP contribution in [0, 0.1) is 0 Å². The largest absolute Gasteiger partial charge is 0.493 e. The Morgan fingerprint density at radius 1 is 0.923 bits per heavy atom. The van der Waals surface area contributed by atoms with Crippen LogP contribution in [-0.4, -0.2) is 29.5 Å². The lowest BCUT2D eigenvalue weighted by atomic mass is 9.99. The summed E-state index contributed by atoms with van der Waals surface area (Å²) in [6.07, 6.45) is 4.27. The molecule has 7 nitrogen and oxygen atoms in total. The quantitative estimate of drug-likeness (QED) is 0.201. The molecule has 0 saturated carbocycles.